The molecule has 1 aliphatic rings. The summed E-state index contributed by atoms with van der Waals surface area (Å²) in [6.45, 7) is 2.31. The van der Waals surface area contributed by atoms with Gasteiger partial charge in [0.2, 0.25) is 5.91 Å². The summed E-state index contributed by atoms with van der Waals surface area (Å²) in [5, 5.41) is 0.159. The number of amides is 1. The molecular weight excluding hydrogens is 303 g/mol. The van der Waals surface area contributed by atoms with Gasteiger partial charge in [0.15, 0.2) is 5.16 Å². The molecule has 1 unspecified atom stereocenters. The molecule has 22 heavy (non-hydrogen) atoms. The molecule has 3 rings (SSSR count). The number of nitrogens with zero attached hydrogens (tertiary/aromatic N) is 3. The maximum absolute atomic E-state index is 13.8. The van der Waals surface area contributed by atoms with Crippen molar-refractivity contribution in [3.05, 3.63) is 41.8 Å². The highest BCUT2D eigenvalue weighted by molar-refractivity contribution is 8.00. The predicted octanol–water partition coefficient (Wildman–Crippen LogP) is 2.40. The number of para-hydroxylation sites is 1. The van der Waals surface area contributed by atoms with E-state index >= 15 is 0 Å². The molecule has 1 aliphatic heterocycles. The fourth-order valence-electron chi connectivity index (χ4n) is 2.42. The number of nitrogens with two attached hydrogens (primary N) is 1. The van der Waals surface area contributed by atoms with Crippen molar-refractivity contribution in [2.24, 2.45) is 0 Å². The molecule has 1 aromatic carbocycles. The van der Waals surface area contributed by atoms with Gasteiger partial charge in [-0.25, -0.2) is 14.4 Å². The number of carbonyl (C=O) groups excluding carboxylic acids is 1. The van der Waals surface area contributed by atoms with Crippen LogP contribution < -0.4 is 10.6 Å². The third-order valence-corrected chi connectivity index (χ3v) is 4.52. The first-order valence-electron chi connectivity index (χ1n) is 6.88. The van der Waals surface area contributed by atoms with Crippen LogP contribution in [0.2, 0.25) is 0 Å². The summed E-state index contributed by atoms with van der Waals surface area (Å²) < 4.78 is 13.8. The van der Waals surface area contributed by atoms with Crippen LogP contribution >= 0.6 is 11.8 Å². The summed E-state index contributed by atoms with van der Waals surface area (Å²) in [5.74, 6) is -0.136. The average molecular weight is 318 g/mol. The van der Waals surface area contributed by atoms with Crippen LogP contribution in [-0.4, -0.2) is 27.7 Å². The van der Waals surface area contributed by atoms with Crippen molar-refractivity contribution in [1.29, 1.82) is 0 Å². The molecule has 1 atom stereocenters. The lowest BCUT2D eigenvalue weighted by atomic mass is 10.3. The number of hydrogen-bond donors (Lipinski definition) is 1. The van der Waals surface area contributed by atoms with Crippen molar-refractivity contribution in [2.45, 2.75) is 23.8 Å². The topological polar surface area (TPSA) is 72.1 Å². The number of nitrogen functional groups attached to an aromatic ring is 1. The summed E-state index contributed by atoms with van der Waals surface area (Å²) in [6.07, 6.45) is 0.620. The number of anilines is 2. The average Bonchev–Trinajstić information content (AvgIpc) is 2.80. The molecule has 1 fully saturated rings. The molecule has 2 N–H and O–H groups in total. The summed E-state index contributed by atoms with van der Waals surface area (Å²) >= 11 is 1.28. The molecule has 2 heterocycles. The van der Waals surface area contributed by atoms with Crippen molar-refractivity contribution in [3.63, 3.8) is 0 Å². The van der Waals surface area contributed by atoms with Crippen LogP contribution in [-0.2, 0) is 4.79 Å². The lowest BCUT2D eigenvalue weighted by Gasteiger charge is -2.17. The van der Waals surface area contributed by atoms with Crippen LogP contribution in [0, 0.1) is 12.7 Å². The van der Waals surface area contributed by atoms with Gasteiger partial charge in [0.25, 0.3) is 0 Å². The molecule has 2 aromatic rings. The molecule has 7 heteroatoms. The lowest BCUT2D eigenvalue weighted by Crippen LogP contribution is -2.28. The zero-order valence-corrected chi connectivity index (χ0v) is 12.8. The van der Waals surface area contributed by atoms with E-state index in [2.05, 4.69) is 9.97 Å². The second-order valence-electron chi connectivity index (χ2n) is 5.05. The van der Waals surface area contributed by atoms with Crippen LogP contribution in [0.1, 0.15) is 12.1 Å². The van der Waals surface area contributed by atoms with E-state index in [-0.39, 0.29) is 11.2 Å². The smallest absolute Gasteiger partial charge is 0.240 e. The minimum absolute atomic E-state index is 0.126. The number of rotatable bonds is 3. The first kappa shape index (κ1) is 14.8. The van der Waals surface area contributed by atoms with Crippen LogP contribution in [0.25, 0.3) is 0 Å². The second-order valence-corrected chi connectivity index (χ2v) is 6.22. The van der Waals surface area contributed by atoms with Gasteiger partial charge in [0.1, 0.15) is 11.6 Å². The Balaban J connectivity index is 1.78. The highest BCUT2D eigenvalue weighted by Gasteiger charge is 2.35. The minimum Gasteiger partial charge on any atom is -0.384 e. The Bertz CT molecular complexity index is 704. The quantitative estimate of drug-likeness (QED) is 0.880. The minimum atomic E-state index is -0.391. The van der Waals surface area contributed by atoms with E-state index < -0.39 is 5.82 Å². The first-order chi connectivity index (χ1) is 10.5. The zero-order valence-electron chi connectivity index (χ0n) is 12.0. The third-order valence-electron chi connectivity index (χ3n) is 3.40. The van der Waals surface area contributed by atoms with E-state index in [4.69, 9.17) is 5.73 Å². The number of thioether (sulfide) groups is 1. The summed E-state index contributed by atoms with van der Waals surface area (Å²) in [5.41, 5.74) is 6.77. The SMILES string of the molecule is Cc1cc(N)nc(SC2CCN(c3ccccc3F)C2=O)n1. The van der Waals surface area contributed by atoms with Crippen molar-refractivity contribution in [1.82, 2.24) is 9.97 Å². The van der Waals surface area contributed by atoms with E-state index in [9.17, 15) is 9.18 Å². The molecule has 0 spiro atoms. The number of aromatic nitrogens is 2. The number of hydrogen-bond acceptors (Lipinski definition) is 5. The Morgan fingerprint density at radius 1 is 1.36 bits per heavy atom. The maximum atomic E-state index is 13.8. The Morgan fingerprint density at radius 3 is 2.86 bits per heavy atom. The van der Waals surface area contributed by atoms with Gasteiger partial charge in [-0.05, 0) is 25.5 Å². The highest BCUT2D eigenvalue weighted by atomic mass is 32.2. The standard InChI is InChI=1S/C15H15FN4OS/c1-9-8-13(17)19-15(18-9)22-12-6-7-20(14(12)21)11-5-3-2-4-10(11)16/h2-5,8,12H,6-7H2,1H3,(H2,17,18,19). The van der Waals surface area contributed by atoms with Crippen molar-refractivity contribution in [3.8, 4) is 0 Å². The maximum Gasteiger partial charge on any atom is 0.240 e. The van der Waals surface area contributed by atoms with Crippen LogP contribution in [0.5, 0.6) is 0 Å². The molecule has 1 saturated heterocycles. The Kier molecular flexibility index (Phi) is 3.98. The molecule has 0 radical (unpaired) electrons. The molecule has 0 aliphatic carbocycles. The lowest BCUT2D eigenvalue weighted by molar-refractivity contribution is -0.116. The fourth-order valence-corrected chi connectivity index (χ4v) is 3.48. The molecule has 114 valence electrons. The number of aryl methyl sites for hydroxylation is 1. The molecule has 1 aromatic heterocycles. The summed E-state index contributed by atoms with van der Waals surface area (Å²) in [7, 11) is 0. The summed E-state index contributed by atoms with van der Waals surface area (Å²) in [6, 6.07) is 7.96. The van der Waals surface area contributed by atoms with E-state index in [0.29, 0.717) is 29.6 Å². The van der Waals surface area contributed by atoms with E-state index in [1.165, 1.54) is 22.7 Å². The van der Waals surface area contributed by atoms with Crippen LogP contribution in [0.4, 0.5) is 15.9 Å². The van der Waals surface area contributed by atoms with Crippen molar-refractivity contribution >= 4 is 29.2 Å². The van der Waals surface area contributed by atoms with Crippen LogP contribution in [0.15, 0.2) is 35.5 Å². The van der Waals surface area contributed by atoms with Gasteiger partial charge in [0, 0.05) is 18.3 Å². The van der Waals surface area contributed by atoms with Crippen molar-refractivity contribution in [2.75, 3.05) is 17.2 Å². The van der Waals surface area contributed by atoms with Crippen LogP contribution in [0.3, 0.4) is 0 Å². The van der Waals surface area contributed by atoms with Gasteiger partial charge in [-0.2, -0.15) is 0 Å². The molecular formula is C15H15FN4OS. The number of benzene rings is 1. The van der Waals surface area contributed by atoms with Gasteiger partial charge in [-0.1, -0.05) is 23.9 Å². The Labute approximate surface area is 131 Å². The predicted molar refractivity (Wildman–Crippen MR) is 84.2 cm³/mol. The zero-order chi connectivity index (χ0) is 15.7. The van der Waals surface area contributed by atoms with E-state index in [1.54, 1.807) is 24.3 Å². The Hall–Kier alpha value is -2.15. The molecule has 5 nitrogen and oxygen atoms in total. The Morgan fingerprint density at radius 2 is 2.14 bits per heavy atom. The highest BCUT2D eigenvalue weighted by Crippen LogP contribution is 2.32. The number of halogens is 1. The van der Waals surface area contributed by atoms with Gasteiger partial charge in [-0.3, -0.25) is 4.79 Å². The fraction of sp³-hybridized carbons (Fsp3) is 0.267. The van der Waals surface area contributed by atoms with E-state index in [0.717, 1.165) is 5.69 Å². The number of carbonyl (C=O) groups is 1. The molecule has 1 amide bonds. The largest absolute Gasteiger partial charge is 0.384 e. The van der Waals surface area contributed by atoms with E-state index in [1.807, 2.05) is 6.92 Å². The third kappa shape index (κ3) is 2.89. The summed E-state index contributed by atoms with van der Waals surface area (Å²) in [4.78, 5) is 22.4. The molecule has 0 bridgehead atoms. The van der Waals surface area contributed by atoms with Gasteiger partial charge in [0.05, 0.1) is 10.9 Å². The molecule has 0 saturated carbocycles. The second kappa shape index (κ2) is 5.92. The monoisotopic (exact) mass is 318 g/mol. The van der Waals surface area contributed by atoms with Gasteiger partial charge >= 0.3 is 0 Å². The van der Waals surface area contributed by atoms with Gasteiger partial charge in [-0.15, -0.1) is 0 Å². The normalized spacial score (nSPS) is 18.0. The first-order valence-corrected chi connectivity index (χ1v) is 7.76. The van der Waals surface area contributed by atoms with Gasteiger partial charge < -0.3 is 10.6 Å². The van der Waals surface area contributed by atoms with Crippen molar-refractivity contribution < 1.29 is 9.18 Å².